The monoisotopic (exact) mass is 894 g/mol. The van der Waals surface area contributed by atoms with Crippen LogP contribution >= 0.6 is 0 Å². The Balaban J connectivity index is 0.960. The van der Waals surface area contributed by atoms with Crippen LogP contribution in [0.4, 0.5) is 0 Å². The van der Waals surface area contributed by atoms with Gasteiger partial charge in [-0.3, -0.25) is 0 Å². The van der Waals surface area contributed by atoms with Gasteiger partial charge in [0.05, 0.1) is 16.7 Å². The largest absolute Gasteiger partial charge is 0.478 e. The van der Waals surface area contributed by atoms with E-state index in [4.69, 9.17) is 0 Å². The fourth-order valence-electron chi connectivity index (χ4n) is 8.98. The zero-order valence-electron chi connectivity index (χ0n) is 37.1. The molecule has 6 heteroatoms. The topological polar surface area (TPSA) is 112 Å². The number of hydrogen-bond acceptors (Lipinski definition) is 3. The highest BCUT2D eigenvalue weighted by Gasteiger charge is 2.15. The predicted molar refractivity (Wildman–Crippen MR) is 276 cm³/mol. The first kappa shape index (κ1) is 43.5. The van der Waals surface area contributed by atoms with E-state index in [1.165, 1.54) is 0 Å². The molecule has 0 aliphatic rings. The van der Waals surface area contributed by atoms with Crippen molar-refractivity contribution in [2.45, 2.75) is 0 Å². The Morgan fingerprint density at radius 2 is 0.362 bits per heavy atom. The van der Waals surface area contributed by atoms with Crippen molar-refractivity contribution >= 4 is 17.9 Å². The van der Waals surface area contributed by atoms with E-state index in [2.05, 4.69) is 91.0 Å². The Bertz CT molecular complexity index is 3130. The van der Waals surface area contributed by atoms with E-state index >= 15 is 0 Å². The molecule has 69 heavy (non-hydrogen) atoms. The molecule has 10 aromatic rings. The minimum absolute atomic E-state index is 0.267. The molecule has 6 nitrogen and oxygen atoms in total. The summed E-state index contributed by atoms with van der Waals surface area (Å²) < 4.78 is 0. The van der Waals surface area contributed by atoms with E-state index in [-0.39, 0.29) is 16.7 Å². The fraction of sp³-hybridized carbons (Fsp3) is 0. The molecule has 0 aromatic heterocycles. The lowest BCUT2D eigenvalue weighted by atomic mass is 9.91. The first-order valence-electron chi connectivity index (χ1n) is 22.4. The van der Waals surface area contributed by atoms with Gasteiger partial charge in [0.1, 0.15) is 0 Å². The molecule has 0 saturated carbocycles. The maximum absolute atomic E-state index is 11.9. The molecule has 0 spiro atoms. The quantitative estimate of drug-likeness (QED) is 0.113. The third kappa shape index (κ3) is 9.11. The first-order chi connectivity index (χ1) is 33.7. The van der Waals surface area contributed by atoms with E-state index < -0.39 is 17.9 Å². The summed E-state index contributed by atoms with van der Waals surface area (Å²) in [6, 6.07) is 77.1. The number of benzene rings is 10. The van der Waals surface area contributed by atoms with Crippen LogP contribution in [-0.4, -0.2) is 33.2 Å². The summed E-state index contributed by atoms with van der Waals surface area (Å²) in [7, 11) is 0. The Hall–Kier alpha value is -9.39. The van der Waals surface area contributed by atoms with Crippen molar-refractivity contribution in [1.29, 1.82) is 0 Å². The van der Waals surface area contributed by atoms with Crippen molar-refractivity contribution in [3.05, 3.63) is 253 Å². The highest BCUT2D eigenvalue weighted by molar-refractivity contribution is 5.98. The number of hydrogen-bond donors (Lipinski definition) is 3. The molecule has 0 bridgehead atoms. The highest BCUT2D eigenvalue weighted by atomic mass is 16.4. The van der Waals surface area contributed by atoms with Crippen molar-refractivity contribution in [3.63, 3.8) is 0 Å². The molecule has 0 saturated heterocycles. The third-order valence-corrected chi connectivity index (χ3v) is 12.6. The minimum Gasteiger partial charge on any atom is -0.478 e. The lowest BCUT2D eigenvalue weighted by molar-refractivity contribution is 0.0687. The molecular weight excluding hydrogens is 853 g/mol. The summed E-state index contributed by atoms with van der Waals surface area (Å²) in [5.74, 6) is -2.87. The number of carboxylic acids is 3. The predicted octanol–water partition coefficient (Wildman–Crippen LogP) is 15.8. The van der Waals surface area contributed by atoms with Gasteiger partial charge in [-0.2, -0.15) is 0 Å². The molecule has 0 aliphatic carbocycles. The number of carbonyl (C=O) groups is 3. The van der Waals surface area contributed by atoms with E-state index in [0.717, 1.165) is 83.5 Å². The summed E-state index contributed by atoms with van der Waals surface area (Å²) in [5.41, 5.74) is 17.9. The Morgan fingerprint density at radius 1 is 0.203 bits per heavy atom. The van der Waals surface area contributed by atoms with Gasteiger partial charge in [-0.1, -0.05) is 200 Å². The van der Waals surface area contributed by atoms with E-state index in [1.54, 1.807) is 36.4 Å². The normalized spacial score (nSPS) is 11.0. The van der Waals surface area contributed by atoms with E-state index in [0.29, 0.717) is 16.7 Å². The van der Waals surface area contributed by atoms with Gasteiger partial charge in [-0.25, -0.2) is 14.4 Å². The second kappa shape index (κ2) is 18.8. The van der Waals surface area contributed by atoms with Crippen LogP contribution in [0.1, 0.15) is 31.1 Å². The smallest absolute Gasteiger partial charge is 0.336 e. The molecule has 10 rings (SSSR count). The Kier molecular flexibility index (Phi) is 11.9. The second-order valence-electron chi connectivity index (χ2n) is 16.8. The van der Waals surface area contributed by atoms with Crippen LogP contribution < -0.4 is 0 Å². The molecule has 0 fully saturated rings. The van der Waals surface area contributed by atoms with Crippen LogP contribution in [0.2, 0.25) is 0 Å². The Labute approximate surface area is 399 Å². The standard InChI is InChI=1S/C63H42O6/c64-61(65)58-10-4-1-7-55(58)49-31-25-43(26-32-49)40-13-19-46(20-14-40)52-37-53(47-21-15-41(16-22-47)44-27-33-50(34-28-44)56-8-2-5-11-59(56)62(66)67)39-54(38-52)48-23-17-42(18-24-48)45-29-35-51(36-30-45)57-9-3-6-12-60(57)63(68)69/h1-39H,(H,64,65)(H,66,67)(H,68,69). The van der Waals surface area contributed by atoms with Gasteiger partial charge in [0.2, 0.25) is 0 Å². The minimum atomic E-state index is -0.957. The second-order valence-corrected chi connectivity index (χ2v) is 16.8. The Morgan fingerprint density at radius 3 is 0.551 bits per heavy atom. The van der Waals surface area contributed by atoms with Crippen LogP contribution in [0.3, 0.4) is 0 Å². The molecule has 3 N–H and O–H groups in total. The average Bonchev–Trinajstić information content (AvgIpc) is 3.41. The van der Waals surface area contributed by atoms with Gasteiger partial charge in [0.25, 0.3) is 0 Å². The van der Waals surface area contributed by atoms with Gasteiger partial charge in [0, 0.05) is 0 Å². The van der Waals surface area contributed by atoms with Gasteiger partial charge in [-0.05, 0) is 137 Å². The van der Waals surface area contributed by atoms with Crippen LogP contribution in [0.15, 0.2) is 237 Å². The molecule has 0 amide bonds. The zero-order valence-corrected chi connectivity index (χ0v) is 37.1. The molecule has 0 radical (unpaired) electrons. The van der Waals surface area contributed by atoms with Gasteiger partial charge in [0.15, 0.2) is 0 Å². The van der Waals surface area contributed by atoms with Gasteiger partial charge >= 0.3 is 17.9 Å². The molecular formula is C63H42O6. The fourth-order valence-corrected chi connectivity index (χ4v) is 8.98. The summed E-state index contributed by atoms with van der Waals surface area (Å²) in [4.78, 5) is 35.7. The van der Waals surface area contributed by atoms with Crippen molar-refractivity contribution in [2.24, 2.45) is 0 Å². The lowest BCUT2D eigenvalue weighted by Gasteiger charge is -2.13. The summed E-state index contributed by atoms with van der Waals surface area (Å²) in [5, 5.41) is 29.2. The maximum Gasteiger partial charge on any atom is 0.336 e. The van der Waals surface area contributed by atoms with Crippen molar-refractivity contribution in [3.8, 4) is 100 Å². The summed E-state index contributed by atoms with van der Waals surface area (Å²) in [6.07, 6.45) is 0. The number of carboxylic acid groups (broad SMARTS) is 3. The summed E-state index contributed by atoms with van der Waals surface area (Å²) >= 11 is 0. The van der Waals surface area contributed by atoms with Crippen molar-refractivity contribution in [2.75, 3.05) is 0 Å². The van der Waals surface area contributed by atoms with Crippen LogP contribution in [0.5, 0.6) is 0 Å². The van der Waals surface area contributed by atoms with Crippen LogP contribution in [0.25, 0.3) is 100 Å². The van der Waals surface area contributed by atoms with E-state index in [9.17, 15) is 29.7 Å². The van der Waals surface area contributed by atoms with Crippen molar-refractivity contribution < 1.29 is 29.7 Å². The molecule has 330 valence electrons. The molecule has 0 heterocycles. The third-order valence-electron chi connectivity index (χ3n) is 12.6. The van der Waals surface area contributed by atoms with Crippen LogP contribution in [0, 0.1) is 0 Å². The first-order valence-corrected chi connectivity index (χ1v) is 22.4. The highest BCUT2D eigenvalue weighted by Crippen LogP contribution is 2.37. The molecule has 10 aromatic carbocycles. The van der Waals surface area contributed by atoms with Gasteiger partial charge in [-0.15, -0.1) is 0 Å². The zero-order chi connectivity index (χ0) is 47.4. The molecule has 0 unspecified atom stereocenters. The van der Waals surface area contributed by atoms with E-state index in [1.807, 2.05) is 109 Å². The molecule has 0 aliphatic heterocycles. The lowest BCUT2D eigenvalue weighted by Crippen LogP contribution is -1.98. The average molecular weight is 895 g/mol. The van der Waals surface area contributed by atoms with Gasteiger partial charge < -0.3 is 15.3 Å². The number of rotatable bonds is 12. The van der Waals surface area contributed by atoms with Crippen LogP contribution in [-0.2, 0) is 0 Å². The number of aromatic carboxylic acids is 3. The summed E-state index contributed by atoms with van der Waals surface area (Å²) in [6.45, 7) is 0. The van der Waals surface area contributed by atoms with Crippen molar-refractivity contribution in [1.82, 2.24) is 0 Å². The molecule has 0 atom stereocenters. The maximum atomic E-state index is 11.9. The SMILES string of the molecule is O=C(O)c1ccccc1-c1ccc(-c2ccc(-c3cc(-c4ccc(-c5ccc(-c6ccccc6C(=O)O)cc5)cc4)cc(-c4ccc(-c5ccc(-c6ccccc6C(=O)O)cc5)cc4)c3)cc2)cc1.